The first-order chi connectivity index (χ1) is 16.2. The van der Waals surface area contributed by atoms with Crippen LogP contribution in [0.25, 0.3) is 0 Å². The van der Waals surface area contributed by atoms with Gasteiger partial charge >= 0.3 is 11.9 Å². The highest BCUT2D eigenvalue weighted by atomic mass is 35.5. The van der Waals surface area contributed by atoms with Crippen LogP contribution in [0.15, 0.2) is 30.3 Å². The molecule has 0 N–H and O–H groups in total. The van der Waals surface area contributed by atoms with Crippen molar-refractivity contribution in [2.75, 3.05) is 34.4 Å². The zero-order valence-corrected chi connectivity index (χ0v) is 20.6. The SMILES string of the molecule is COc1cc(OC)c([C@H]2CCN(C)[C@@H]2COC(C)=O)c(OC(=O)c2ccccc2Cl)c1C(C)=O. The van der Waals surface area contributed by atoms with Crippen LogP contribution in [-0.2, 0) is 9.53 Å². The van der Waals surface area contributed by atoms with Crippen LogP contribution in [0, 0.1) is 0 Å². The summed E-state index contributed by atoms with van der Waals surface area (Å²) in [7, 11) is 4.84. The lowest BCUT2D eigenvalue weighted by Crippen LogP contribution is -2.34. The molecule has 0 aliphatic carbocycles. The normalized spacial score (nSPS) is 17.8. The van der Waals surface area contributed by atoms with Gasteiger partial charge in [-0.3, -0.25) is 14.5 Å². The van der Waals surface area contributed by atoms with Gasteiger partial charge in [0.25, 0.3) is 0 Å². The van der Waals surface area contributed by atoms with Crippen LogP contribution in [0.1, 0.15) is 52.5 Å². The smallest absolute Gasteiger partial charge is 0.345 e. The minimum absolute atomic E-state index is 0.0572. The van der Waals surface area contributed by atoms with E-state index >= 15 is 0 Å². The van der Waals surface area contributed by atoms with Gasteiger partial charge in [0.05, 0.1) is 30.8 Å². The van der Waals surface area contributed by atoms with Gasteiger partial charge in [0.2, 0.25) is 0 Å². The maximum Gasteiger partial charge on any atom is 0.345 e. The molecule has 8 nitrogen and oxygen atoms in total. The van der Waals surface area contributed by atoms with Crippen LogP contribution in [0.5, 0.6) is 17.2 Å². The quantitative estimate of drug-likeness (QED) is 0.310. The summed E-state index contributed by atoms with van der Waals surface area (Å²) in [5.74, 6) is -1.03. The molecule has 0 unspecified atom stereocenters. The molecule has 3 rings (SSSR count). The van der Waals surface area contributed by atoms with E-state index in [1.54, 1.807) is 30.3 Å². The first-order valence-corrected chi connectivity index (χ1v) is 11.2. The molecule has 1 aliphatic rings. The summed E-state index contributed by atoms with van der Waals surface area (Å²) in [4.78, 5) is 39.5. The Morgan fingerprint density at radius 3 is 2.35 bits per heavy atom. The van der Waals surface area contributed by atoms with E-state index in [0.717, 1.165) is 0 Å². The maximum absolute atomic E-state index is 13.2. The molecule has 0 radical (unpaired) electrons. The van der Waals surface area contributed by atoms with Crippen LogP contribution in [-0.4, -0.2) is 63.1 Å². The topological polar surface area (TPSA) is 91.4 Å². The van der Waals surface area contributed by atoms with Crippen LogP contribution >= 0.6 is 11.6 Å². The third kappa shape index (κ3) is 5.18. The molecule has 1 saturated heterocycles. The molecule has 1 fully saturated rings. The summed E-state index contributed by atoms with van der Waals surface area (Å²) < 4.78 is 22.3. The molecular weight excluding hydrogens is 462 g/mol. The number of rotatable bonds is 8. The lowest BCUT2D eigenvalue weighted by molar-refractivity contribution is -0.142. The van der Waals surface area contributed by atoms with E-state index in [4.69, 9.17) is 30.5 Å². The molecule has 2 aromatic rings. The highest BCUT2D eigenvalue weighted by Crippen LogP contribution is 2.48. The van der Waals surface area contributed by atoms with Crippen molar-refractivity contribution in [3.8, 4) is 17.2 Å². The zero-order chi connectivity index (χ0) is 25.0. The van der Waals surface area contributed by atoms with Crippen molar-refractivity contribution in [1.29, 1.82) is 0 Å². The van der Waals surface area contributed by atoms with E-state index in [1.807, 2.05) is 7.05 Å². The van der Waals surface area contributed by atoms with Crippen LogP contribution in [0.4, 0.5) is 0 Å². The number of halogens is 1. The number of hydrogen-bond donors (Lipinski definition) is 0. The second kappa shape index (κ2) is 10.9. The molecule has 0 amide bonds. The highest BCUT2D eigenvalue weighted by molar-refractivity contribution is 6.33. The minimum Gasteiger partial charge on any atom is -0.496 e. The van der Waals surface area contributed by atoms with Gasteiger partial charge in [-0.2, -0.15) is 0 Å². The predicted octanol–water partition coefficient (Wildman–Crippen LogP) is 4.13. The van der Waals surface area contributed by atoms with Crippen LogP contribution in [0.2, 0.25) is 5.02 Å². The van der Waals surface area contributed by atoms with Gasteiger partial charge in [0.1, 0.15) is 23.7 Å². The van der Waals surface area contributed by atoms with Crippen molar-refractivity contribution in [1.82, 2.24) is 4.90 Å². The first kappa shape index (κ1) is 25.5. The molecule has 0 saturated carbocycles. The number of likely N-dealkylation sites (N-methyl/N-ethyl adjacent to an activating group) is 1. The third-order valence-electron chi connectivity index (χ3n) is 5.98. The molecule has 1 aliphatic heterocycles. The van der Waals surface area contributed by atoms with E-state index in [0.29, 0.717) is 24.3 Å². The van der Waals surface area contributed by atoms with Crippen LogP contribution in [0.3, 0.4) is 0 Å². The number of ether oxygens (including phenoxy) is 4. The second-order valence-electron chi connectivity index (χ2n) is 8.07. The lowest BCUT2D eigenvalue weighted by Gasteiger charge is -2.28. The Bertz CT molecular complexity index is 1100. The van der Waals surface area contributed by atoms with Crippen molar-refractivity contribution in [2.45, 2.75) is 32.2 Å². The monoisotopic (exact) mass is 489 g/mol. The van der Waals surface area contributed by atoms with Gasteiger partial charge in [0.15, 0.2) is 11.5 Å². The summed E-state index contributed by atoms with van der Waals surface area (Å²) in [6, 6.07) is 7.89. The van der Waals surface area contributed by atoms with Crippen molar-refractivity contribution < 1.29 is 33.3 Å². The largest absolute Gasteiger partial charge is 0.496 e. The van der Waals surface area contributed by atoms with Gasteiger partial charge in [0, 0.05) is 24.5 Å². The number of esters is 2. The number of benzene rings is 2. The first-order valence-electron chi connectivity index (χ1n) is 10.8. The fourth-order valence-electron chi connectivity index (χ4n) is 4.31. The van der Waals surface area contributed by atoms with Crippen LogP contribution < -0.4 is 14.2 Å². The van der Waals surface area contributed by atoms with Gasteiger partial charge in [-0.25, -0.2) is 4.79 Å². The Labute approximate surface area is 203 Å². The molecule has 182 valence electrons. The lowest BCUT2D eigenvalue weighted by atomic mass is 9.87. The maximum atomic E-state index is 13.2. The molecule has 34 heavy (non-hydrogen) atoms. The van der Waals surface area contributed by atoms with Crippen molar-refractivity contribution in [3.05, 3.63) is 52.0 Å². The molecule has 2 aromatic carbocycles. The number of carbonyl (C=O) groups is 3. The average Bonchev–Trinajstić information content (AvgIpc) is 3.16. The molecule has 9 heteroatoms. The summed E-state index contributed by atoms with van der Waals surface area (Å²) >= 11 is 6.21. The summed E-state index contributed by atoms with van der Waals surface area (Å²) in [5.41, 5.74) is 0.821. The number of methoxy groups -OCH3 is 2. The Kier molecular flexibility index (Phi) is 8.17. The zero-order valence-electron chi connectivity index (χ0n) is 19.8. The Hall–Kier alpha value is -3.10. The highest BCUT2D eigenvalue weighted by Gasteiger charge is 2.40. The number of hydrogen-bond acceptors (Lipinski definition) is 8. The van der Waals surface area contributed by atoms with E-state index in [1.165, 1.54) is 28.1 Å². The summed E-state index contributed by atoms with van der Waals surface area (Å²) in [6.07, 6.45) is 0.666. The third-order valence-corrected chi connectivity index (χ3v) is 6.31. The van der Waals surface area contributed by atoms with Gasteiger partial charge in [-0.05, 0) is 39.1 Å². The molecule has 0 bridgehead atoms. The van der Waals surface area contributed by atoms with Crippen molar-refractivity contribution in [2.24, 2.45) is 0 Å². The van der Waals surface area contributed by atoms with Crippen molar-refractivity contribution >= 4 is 29.3 Å². The van der Waals surface area contributed by atoms with Gasteiger partial charge in [-0.1, -0.05) is 23.7 Å². The summed E-state index contributed by atoms with van der Waals surface area (Å²) in [5, 5.41) is 0.224. The summed E-state index contributed by atoms with van der Waals surface area (Å²) in [6.45, 7) is 3.57. The van der Waals surface area contributed by atoms with E-state index in [2.05, 4.69) is 4.90 Å². The average molecular weight is 490 g/mol. The van der Waals surface area contributed by atoms with E-state index in [9.17, 15) is 14.4 Å². The second-order valence-corrected chi connectivity index (χ2v) is 8.48. The van der Waals surface area contributed by atoms with Gasteiger partial charge < -0.3 is 18.9 Å². The minimum atomic E-state index is -0.715. The number of Topliss-reactive ketones (excluding diaryl/α,β-unsaturated/α-hetero) is 1. The molecule has 0 spiro atoms. The van der Waals surface area contributed by atoms with E-state index < -0.39 is 11.9 Å². The predicted molar refractivity (Wildman–Crippen MR) is 126 cm³/mol. The number of nitrogens with zero attached hydrogens (tertiary/aromatic N) is 1. The standard InChI is InChI=1S/C25H28ClNO7/c1-14(28)22-20(31-4)12-21(32-5)23(17-10-11-27(3)19(17)13-33-15(2)29)24(22)34-25(30)16-8-6-7-9-18(16)26/h6-9,12,17,19H,10-11,13H2,1-5H3/t17-,19+/m0/s1. The van der Waals surface area contributed by atoms with Gasteiger partial charge in [-0.15, -0.1) is 0 Å². The number of ketones is 1. The Morgan fingerprint density at radius 2 is 1.76 bits per heavy atom. The number of carbonyl (C=O) groups excluding carboxylic acids is 3. The Morgan fingerprint density at radius 1 is 1.09 bits per heavy atom. The fraction of sp³-hybridized carbons (Fsp3) is 0.400. The molecule has 0 aromatic heterocycles. The molecule has 1 heterocycles. The van der Waals surface area contributed by atoms with E-state index in [-0.39, 0.29) is 52.0 Å². The fourth-order valence-corrected chi connectivity index (χ4v) is 4.53. The van der Waals surface area contributed by atoms with Crippen molar-refractivity contribution in [3.63, 3.8) is 0 Å². The number of likely N-dealkylation sites (tertiary alicyclic amines) is 1. The Balaban J connectivity index is 2.20. The molecular formula is C25H28ClNO7. The molecule has 2 atom stereocenters.